The number of hydrogen-bond donors (Lipinski definition) is 0. The van der Waals surface area contributed by atoms with E-state index in [0.29, 0.717) is 0 Å². The zero-order chi connectivity index (χ0) is 14.9. The molecule has 2 aromatic rings. The summed E-state index contributed by atoms with van der Waals surface area (Å²) in [6.07, 6.45) is 9.23. The first-order valence-corrected chi connectivity index (χ1v) is 8.16. The molecule has 0 unspecified atom stereocenters. The fourth-order valence-electron chi connectivity index (χ4n) is 2.62. The molecule has 0 atom stereocenters. The molecule has 0 saturated carbocycles. The maximum Gasteiger partial charge on any atom is 1.00 e. The van der Waals surface area contributed by atoms with Crippen LogP contribution >= 0.6 is 0 Å². The van der Waals surface area contributed by atoms with Gasteiger partial charge in [-0.1, -0.05) is 87.6 Å². The van der Waals surface area contributed by atoms with Gasteiger partial charge in [0, 0.05) is 0 Å². The van der Waals surface area contributed by atoms with Gasteiger partial charge in [0.2, 0.25) is 0 Å². The number of hydrogen-bond acceptors (Lipinski definition) is 1. The van der Waals surface area contributed by atoms with E-state index in [-0.39, 0.29) is 35.3 Å². The number of rotatable bonds is 8. The van der Waals surface area contributed by atoms with Crippen LogP contribution in [0.25, 0.3) is 11.1 Å². The molecule has 0 spiro atoms. The number of aryl methyl sites for hydroxylation is 1. The van der Waals surface area contributed by atoms with Gasteiger partial charge in [0.1, 0.15) is 0 Å². The second kappa shape index (κ2) is 10.9. The molecule has 0 N–H and O–H groups in total. The van der Waals surface area contributed by atoms with Gasteiger partial charge in [0.15, 0.2) is 0 Å². The Morgan fingerprint density at radius 2 is 1.18 bits per heavy atom. The fourth-order valence-corrected chi connectivity index (χ4v) is 2.62. The Labute approximate surface area is 157 Å². The van der Waals surface area contributed by atoms with Crippen LogP contribution in [-0.2, 0) is 6.42 Å². The minimum atomic E-state index is 0. The van der Waals surface area contributed by atoms with Crippen LogP contribution in [0.4, 0.5) is 0 Å². The van der Waals surface area contributed by atoms with Gasteiger partial charge in [0.05, 0.1) is 0 Å². The Morgan fingerprint density at radius 1 is 0.682 bits per heavy atom. The summed E-state index contributed by atoms with van der Waals surface area (Å²) in [7, 11) is 0. The zero-order valence-electron chi connectivity index (χ0n) is 14.0. The van der Waals surface area contributed by atoms with Crippen molar-refractivity contribution in [1.82, 2.24) is 0 Å². The van der Waals surface area contributed by atoms with Crippen LogP contribution in [0.15, 0.2) is 48.5 Å². The van der Waals surface area contributed by atoms with Crippen molar-refractivity contribution < 1.29 is 34.7 Å². The van der Waals surface area contributed by atoms with E-state index in [2.05, 4.69) is 31.2 Å². The smallest absolute Gasteiger partial charge is 0.872 e. The second-order valence-corrected chi connectivity index (χ2v) is 5.74. The molecule has 22 heavy (non-hydrogen) atoms. The van der Waals surface area contributed by atoms with Crippen LogP contribution in [0.2, 0.25) is 0 Å². The van der Waals surface area contributed by atoms with Gasteiger partial charge in [-0.15, -0.1) is 5.75 Å². The summed E-state index contributed by atoms with van der Waals surface area (Å²) in [4.78, 5) is 0. The van der Waals surface area contributed by atoms with Gasteiger partial charge in [-0.05, 0) is 29.5 Å². The minimum Gasteiger partial charge on any atom is -0.872 e. The maximum absolute atomic E-state index is 11.1. The molecule has 0 aliphatic rings. The molecule has 0 radical (unpaired) electrons. The van der Waals surface area contributed by atoms with E-state index < -0.39 is 0 Å². The van der Waals surface area contributed by atoms with E-state index in [9.17, 15) is 5.11 Å². The molecule has 2 aromatic carbocycles. The summed E-state index contributed by atoms with van der Waals surface area (Å²) in [5.41, 5.74) is 3.71. The molecule has 0 fully saturated rings. The third-order valence-corrected chi connectivity index (χ3v) is 3.96. The molecule has 0 heterocycles. The van der Waals surface area contributed by atoms with Crippen molar-refractivity contribution in [1.29, 1.82) is 0 Å². The summed E-state index contributed by atoms with van der Waals surface area (Å²) in [6, 6.07) is 15.8. The Balaban J connectivity index is 0.00000242. The van der Waals surface area contributed by atoms with Crippen molar-refractivity contribution in [2.45, 2.75) is 51.9 Å². The van der Waals surface area contributed by atoms with Crippen molar-refractivity contribution >= 4 is 0 Å². The molecule has 0 aromatic heterocycles. The van der Waals surface area contributed by atoms with Crippen LogP contribution in [0.3, 0.4) is 0 Å². The molecule has 2 heteroatoms. The Bertz CT molecular complexity index is 516. The normalized spacial score (nSPS) is 10.2. The van der Waals surface area contributed by atoms with Crippen molar-refractivity contribution in [2.24, 2.45) is 0 Å². The summed E-state index contributed by atoms with van der Waals surface area (Å²) in [6.45, 7) is 2.26. The van der Waals surface area contributed by atoms with E-state index in [1.54, 1.807) is 12.1 Å². The van der Waals surface area contributed by atoms with Gasteiger partial charge in [-0.3, -0.25) is 0 Å². The monoisotopic (exact) mass is 304 g/mol. The van der Waals surface area contributed by atoms with E-state index in [1.807, 2.05) is 12.1 Å². The van der Waals surface area contributed by atoms with Gasteiger partial charge < -0.3 is 5.11 Å². The molecular weight excluding hydrogens is 279 g/mol. The van der Waals surface area contributed by atoms with Crippen LogP contribution in [0.1, 0.15) is 51.0 Å². The standard InChI is InChI=1S/C20H26O.Na/c1-2-3-4-5-6-7-8-17-9-11-18(12-10-17)19-13-15-20(21)16-14-19;/h9-16,21H,2-8H2,1H3;/q;+1/p-1. The van der Waals surface area contributed by atoms with Crippen LogP contribution in [-0.4, -0.2) is 0 Å². The first kappa shape index (κ1) is 19.3. The molecular formula is C20H25NaO. The summed E-state index contributed by atoms with van der Waals surface area (Å²) in [5.74, 6) is 0.0680. The van der Waals surface area contributed by atoms with Crippen LogP contribution in [0, 0.1) is 0 Å². The van der Waals surface area contributed by atoms with E-state index in [4.69, 9.17) is 0 Å². The van der Waals surface area contributed by atoms with Gasteiger partial charge in [0.25, 0.3) is 0 Å². The Kier molecular flexibility index (Phi) is 9.54. The third kappa shape index (κ3) is 6.56. The second-order valence-electron chi connectivity index (χ2n) is 5.74. The molecule has 1 nitrogen and oxygen atoms in total. The maximum atomic E-state index is 11.1. The minimum absolute atomic E-state index is 0. The van der Waals surface area contributed by atoms with Crippen molar-refractivity contribution in [3.8, 4) is 16.9 Å². The molecule has 2 rings (SSSR count). The topological polar surface area (TPSA) is 23.1 Å². The van der Waals surface area contributed by atoms with Gasteiger partial charge >= 0.3 is 29.6 Å². The first-order valence-electron chi connectivity index (χ1n) is 8.16. The number of benzene rings is 2. The summed E-state index contributed by atoms with van der Waals surface area (Å²) < 4.78 is 0. The van der Waals surface area contributed by atoms with Gasteiger partial charge in [-0.25, -0.2) is 0 Å². The van der Waals surface area contributed by atoms with Gasteiger partial charge in [-0.2, -0.15) is 0 Å². The van der Waals surface area contributed by atoms with E-state index in [1.165, 1.54) is 56.1 Å². The molecule has 0 amide bonds. The van der Waals surface area contributed by atoms with E-state index in [0.717, 1.165) is 5.56 Å². The predicted molar refractivity (Wildman–Crippen MR) is 88.4 cm³/mol. The Hall–Kier alpha value is -0.760. The fraction of sp³-hybridized carbons (Fsp3) is 0.400. The molecule has 0 saturated heterocycles. The van der Waals surface area contributed by atoms with Crippen molar-refractivity contribution in [3.05, 3.63) is 54.1 Å². The van der Waals surface area contributed by atoms with Crippen LogP contribution in [0.5, 0.6) is 5.75 Å². The first-order chi connectivity index (χ1) is 10.3. The molecule has 0 bridgehead atoms. The third-order valence-electron chi connectivity index (χ3n) is 3.96. The largest absolute Gasteiger partial charge is 1.00 e. The number of unbranched alkanes of at least 4 members (excludes halogenated alkanes) is 5. The molecule has 0 aliphatic heterocycles. The summed E-state index contributed by atoms with van der Waals surface area (Å²) in [5, 5.41) is 11.1. The average Bonchev–Trinajstić information content (AvgIpc) is 2.52. The SMILES string of the molecule is CCCCCCCCc1ccc(-c2ccc([O-])cc2)cc1.[Na+]. The quantitative estimate of drug-likeness (QED) is 0.542. The Morgan fingerprint density at radius 3 is 1.77 bits per heavy atom. The summed E-state index contributed by atoms with van der Waals surface area (Å²) >= 11 is 0. The zero-order valence-corrected chi connectivity index (χ0v) is 16.0. The van der Waals surface area contributed by atoms with Crippen molar-refractivity contribution in [2.75, 3.05) is 0 Å². The predicted octanol–water partition coefficient (Wildman–Crippen LogP) is 2.33. The molecule has 0 aliphatic carbocycles. The average molecular weight is 304 g/mol. The van der Waals surface area contributed by atoms with Crippen molar-refractivity contribution in [3.63, 3.8) is 0 Å². The molecule has 112 valence electrons. The van der Waals surface area contributed by atoms with E-state index >= 15 is 0 Å². The van der Waals surface area contributed by atoms with Crippen LogP contribution < -0.4 is 34.7 Å².